The maximum Gasteiger partial charge on any atom is 0.356 e. The van der Waals surface area contributed by atoms with Crippen molar-refractivity contribution < 1.29 is 14.7 Å². The van der Waals surface area contributed by atoms with Crippen molar-refractivity contribution in [2.24, 2.45) is 0 Å². The van der Waals surface area contributed by atoms with Crippen molar-refractivity contribution in [3.05, 3.63) is 28.2 Å². The van der Waals surface area contributed by atoms with E-state index in [9.17, 15) is 14.4 Å². The first kappa shape index (κ1) is 14.9. The summed E-state index contributed by atoms with van der Waals surface area (Å²) in [6, 6.07) is 1.30. The van der Waals surface area contributed by atoms with Crippen molar-refractivity contribution in [3.63, 3.8) is 0 Å². The molecular formula is C12H17N3O4. The summed E-state index contributed by atoms with van der Waals surface area (Å²) in [5, 5.41) is 15.2. The van der Waals surface area contributed by atoms with Crippen molar-refractivity contribution in [3.8, 4) is 0 Å². The van der Waals surface area contributed by atoms with E-state index < -0.39 is 29.0 Å². The maximum absolute atomic E-state index is 11.9. The average molecular weight is 267 g/mol. The van der Waals surface area contributed by atoms with Gasteiger partial charge in [0.25, 0.3) is 5.56 Å². The van der Waals surface area contributed by atoms with E-state index in [1.165, 1.54) is 6.92 Å². The summed E-state index contributed by atoms with van der Waals surface area (Å²) in [6.07, 6.45) is 0. The second kappa shape index (κ2) is 5.21. The van der Waals surface area contributed by atoms with Crippen LogP contribution in [-0.2, 0) is 4.79 Å². The molecule has 0 saturated carbocycles. The van der Waals surface area contributed by atoms with Gasteiger partial charge >= 0.3 is 5.97 Å². The molecule has 0 fully saturated rings. The summed E-state index contributed by atoms with van der Waals surface area (Å²) < 4.78 is 0.866. The Kier molecular flexibility index (Phi) is 4.08. The summed E-state index contributed by atoms with van der Waals surface area (Å²) in [7, 11) is 0. The van der Waals surface area contributed by atoms with Gasteiger partial charge in [0.2, 0.25) is 5.91 Å². The maximum atomic E-state index is 11.9. The molecule has 1 amide bonds. The molecule has 0 aliphatic rings. The molecular weight excluding hydrogens is 250 g/mol. The molecule has 7 heteroatoms. The van der Waals surface area contributed by atoms with E-state index in [-0.39, 0.29) is 5.69 Å². The molecule has 0 bridgehead atoms. The molecule has 0 aliphatic carbocycles. The molecule has 1 aromatic heterocycles. The lowest BCUT2D eigenvalue weighted by Crippen LogP contribution is -2.45. The van der Waals surface area contributed by atoms with E-state index in [1.807, 2.05) is 20.8 Å². The van der Waals surface area contributed by atoms with E-state index in [0.29, 0.717) is 0 Å². The van der Waals surface area contributed by atoms with E-state index in [1.54, 1.807) is 0 Å². The highest BCUT2D eigenvalue weighted by molar-refractivity contribution is 5.85. The first-order valence-electron chi connectivity index (χ1n) is 5.77. The Morgan fingerprint density at radius 1 is 1.37 bits per heavy atom. The number of aromatic carboxylic acids is 1. The monoisotopic (exact) mass is 267 g/mol. The SMILES string of the molecule is CC(C(=O)NC(C)(C)C)n1nc(C(=O)O)ccc1=O. The zero-order valence-electron chi connectivity index (χ0n) is 11.3. The number of hydrogen-bond acceptors (Lipinski definition) is 4. The second-order valence-corrected chi connectivity index (χ2v) is 5.22. The topological polar surface area (TPSA) is 101 Å². The van der Waals surface area contributed by atoms with Gasteiger partial charge in [-0.25, -0.2) is 9.48 Å². The Balaban J connectivity index is 3.08. The summed E-state index contributed by atoms with van der Waals surface area (Å²) in [6.45, 7) is 6.91. The number of carbonyl (C=O) groups excluding carboxylic acids is 1. The van der Waals surface area contributed by atoms with Gasteiger partial charge in [-0.3, -0.25) is 9.59 Å². The highest BCUT2D eigenvalue weighted by Gasteiger charge is 2.22. The summed E-state index contributed by atoms with van der Waals surface area (Å²) in [4.78, 5) is 34.4. The molecule has 2 N–H and O–H groups in total. The van der Waals surface area contributed by atoms with Crippen LogP contribution in [0.5, 0.6) is 0 Å². The molecule has 0 spiro atoms. The number of nitrogens with one attached hydrogen (secondary N) is 1. The standard InChI is InChI=1S/C12H17N3O4/c1-7(10(17)13-12(2,3)4)15-9(16)6-5-8(14-15)11(18)19/h5-7H,1-4H3,(H,13,17)(H,18,19). The summed E-state index contributed by atoms with van der Waals surface area (Å²) in [5.74, 6) is -1.65. The van der Waals surface area contributed by atoms with Gasteiger partial charge in [0, 0.05) is 11.6 Å². The Labute approximate surface area is 110 Å². The van der Waals surface area contributed by atoms with Gasteiger partial charge in [0.15, 0.2) is 5.69 Å². The van der Waals surface area contributed by atoms with Crippen molar-refractivity contribution in [1.82, 2.24) is 15.1 Å². The van der Waals surface area contributed by atoms with Crippen LogP contribution in [0, 0.1) is 0 Å². The molecule has 1 aromatic rings. The zero-order valence-corrected chi connectivity index (χ0v) is 11.3. The number of carboxylic acids is 1. The molecule has 1 rings (SSSR count). The highest BCUT2D eigenvalue weighted by Crippen LogP contribution is 2.06. The van der Waals surface area contributed by atoms with Crippen LogP contribution in [0.3, 0.4) is 0 Å². The fourth-order valence-corrected chi connectivity index (χ4v) is 1.40. The van der Waals surface area contributed by atoms with Gasteiger partial charge < -0.3 is 10.4 Å². The Hall–Kier alpha value is -2.18. The van der Waals surface area contributed by atoms with Crippen LogP contribution >= 0.6 is 0 Å². The third kappa shape index (κ3) is 3.90. The molecule has 104 valence electrons. The van der Waals surface area contributed by atoms with Gasteiger partial charge in [0.05, 0.1) is 0 Å². The third-order valence-corrected chi connectivity index (χ3v) is 2.29. The number of carboxylic acid groups (broad SMARTS) is 1. The predicted octanol–water partition coefficient (Wildman–Crippen LogP) is 0.417. The first-order valence-corrected chi connectivity index (χ1v) is 5.77. The molecule has 1 heterocycles. The number of nitrogens with zero attached hydrogens (tertiary/aromatic N) is 2. The molecule has 7 nitrogen and oxygen atoms in total. The lowest BCUT2D eigenvalue weighted by molar-refractivity contribution is -0.125. The van der Waals surface area contributed by atoms with Crippen molar-refractivity contribution in [2.75, 3.05) is 0 Å². The molecule has 1 unspecified atom stereocenters. The normalized spacial score (nSPS) is 12.8. The van der Waals surface area contributed by atoms with Crippen LogP contribution in [0.2, 0.25) is 0 Å². The number of aromatic nitrogens is 2. The molecule has 19 heavy (non-hydrogen) atoms. The molecule has 0 aromatic carbocycles. The van der Waals surface area contributed by atoms with Gasteiger partial charge in [0.1, 0.15) is 6.04 Å². The van der Waals surface area contributed by atoms with E-state index in [4.69, 9.17) is 5.11 Å². The van der Waals surface area contributed by atoms with Crippen molar-refractivity contribution in [1.29, 1.82) is 0 Å². The van der Waals surface area contributed by atoms with Crippen LogP contribution in [0.25, 0.3) is 0 Å². The largest absolute Gasteiger partial charge is 0.476 e. The molecule has 0 saturated heterocycles. The fourth-order valence-electron chi connectivity index (χ4n) is 1.40. The second-order valence-electron chi connectivity index (χ2n) is 5.22. The lowest BCUT2D eigenvalue weighted by Gasteiger charge is -2.23. The fraction of sp³-hybridized carbons (Fsp3) is 0.500. The third-order valence-electron chi connectivity index (χ3n) is 2.29. The first-order chi connectivity index (χ1) is 8.61. The minimum Gasteiger partial charge on any atom is -0.476 e. The number of rotatable bonds is 3. The van der Waals surface area contributed by atoms with Crippen LogP contribution in [-0.4, -0.2) is 32.3 Å². The Morgan fingerprint density at radius 2 is 1.95 bits per heavy atom. The van der Waals surface area contributed by atoms with Gasteiger partial charge in [-0.1, -0.05) is 0 Å². The zero-order chi connectivity index (χ0) is 14.8. The van der Waals surface area contributed by atoms with Gasteiger partial charge in [-0.2, -0.15) is 5.10 Å². The predicted molar refractivity (Wildman–Crippen MR) is 68.1 cm³/mol. The number of hydrogen-bond donors (Lipinski definition) is 2. The molecule has 0 radical (unpaired) electrons. The van der Waals surface area contributed by atoms with Gasteiger partial charge in [-0.15, -0.1) is 0 Å². The quantitative estimate of drug-likeness (QED) is 0.826. The van der Waals surface area contributed by atoms with Gasteiger partial charge in [-0.05, 0) is 33.8 Å². The number of amides is 1. The minimum absolute atomic E-state index is 0.282. The van der Waals surface area contributed by atoms with Crippen LogP contribution in [0.15, 0.2) is 16.9 Å². The summed E-state index contributed by atoms with van der Waals surface area (Å²) >= 11 is 0. The number of carbonyl (C=O) groups is 2. The van der Waals surface area contributed by atoms with Crippen molar-refractivity contribution >= 4 is 11.9 Å². The highest BCUT2D eigenvalue weighted by atomic mass is 16.4. The summed E-state index contributed by atoms with van der Waals surface area (Å²) in [5.41, 5.74) is -1.25. The van der Waals surface area contributed by atoms with Crippen LogP contribution in [0.1, 0.15) is 44.2 Å². The van der Waals surface area contributed by atoms with E-state index >= 15 is 0 Å². The Bertz CT molecular complexity index is 557. The Morgan fingerprint density at radius 3 is 2.42 bits per heavy atom. The van der Waals surface area contributed by atoms with E-state index in [2.05, 4.69) is 10.4 Å². The average Bonchev–Trinajstić information content (AvgIpc) is 2.26. The van der Waals surface area contributed by atoms with Crippen LogP contribution < -0.4 is 10.9 Å². The van der Waals surface area contributed by atoms with Crippen molar-refractivity contribution in [2.45, 2.75) is 39.3 Å². The smallest absolute Gasteiger partial charge is 0.356 e. The lowest BCUT2D eigenvalue weighted by atomic mass is 10.1. The molecule has 0 aliphatic heterocycles. The van der Waals surface area contributed by atoms with Crippen LogP contribution in [0.4, 0.5) is 0 Å². The van der Waals surface area contributed by atoms with E-state index in [0.717, 1.165) is 16.8 Å². The minimum atomic E-state index is -1.25. The molecule has 1 atom stereocenters.